The zero-order chi connectivity index (χ0) is 25.5. The number of aryl methyl sites for hydroxylation is 1. The monoisotopic (exact) mass is 480 g/mol. The molecule has 0 bridgehead atoms. The van der Waals surface area contributed by atoms with E-state index in [0.29, 0.717) is 29.9 Å². The lowest BCUT2D eigenvalue weighted by atomic mass is 9.92. The van der Waals surface area contributed by atoms with Crippen LogP contribution in [-0.4, -0.2) is 55.7 Å². The van der Waals surface area contributed by atoms with Crippen LogP contribution in [0, 0.1) is 5.92 Å². The Balaban J connectivity index is 2.16. The second-order valence-electron chi connectivity index (χ2n) is 8.37. The van der Waals surface area contributed by atoms with Crippen LogP contribution in [-0.2, 0) is 32.1 Å². The fourth-order valence-electron chi connectivity index (χ4n) is 4.41. The van der Waals surface area contributed by atoms with Gasteiger partial charge in [0.15, 0.2) is 6.61 Å². The number of aromatic nitrogens is 1. The van der Waals surface area contributed by atoms with E-state index in [1.165, 1.54) is 7.11 Å². The number of methoxy groups -OCH3 is 1. The quantitative estimate of drug-likeness (QED) is 0.165. The van der Waals surface area contributed by atoms with E-state index in [1.54, 1.807) is 6.07 Å². The number of pyridine rings is 1. The number of allylic oxidation sites excluding steroid dienone is 2. The fraction of sp³-hybridized carbons (Fsp3) is 0.385. The van der Waals surface area contributed by atoms with Crippen molar-refractivity contribution >= 4 is 35.1 Å². The molecule has 0 saturated heterocycles. The molecule has 3 rings (SSSR count). The maximum absolute atomic E-state index is 11.8. The summed E-state index contributed by atoms with van der Waals surface area (Å²) in [5.74, 6) is 4.84. The Morgan fingerprint density at radius 3 is 2.66 bits per heavy atom. The van der Waals surface area contributed by atoms with Gasteiger partial charge in [0, 0.05) is 43.1 Å². The Kier molecular flexibility index (Phi) is 8.73. The molecule has 1 amide bonds. The molecule has 2 heterocycles. The van der Waals surface area contributed by atoms with Crippen molar-refractivity contribution in [3.05, 3.63) is 52.2 Å². The Bertz CT molecular complexity index is 1190. The highest BCUT2D eigenvalue weighted by atomic mass is 16.5. The van der Waals surface area contributed by atoms with Gasteiger partial charge in [-0.15, -0.1) is 0 Å². The van der Waals surface area contributed by atoms with Gasteiger partial charge in [0.05, 0.1) is 23.5 Å². The first-order valence-electron chi connectivity index (χ1n) is 11.6. The number of nitrogens with zero attached hydrogens (tertiary/aromatic N) is 2. The lowest BCUT2D eigenvalue weighted by Crippen LogP contribution is -2.34. The zero-order valence-electron chi connectivity index (χ0n) is 20.6. The number of hydrogen-bond donors (Lipinski definition) is 2. The van der Waals surface area contributed by atoms with Gasteiger partial charge in [0.25, 0.3) is 5.91 Å². The second-order valence-corrected chi connectivity index (χ2v) is 8.37. The predicted molar refractivity (Wildman–Crippen MR) is 133 cm³/mol. The predicted octanol–water partition coefficient (Wildman–Crippen LogP) is 2.32. The van der Waals surface area contributed by atoms with Gasteiger partial charge in [-0.25, -0.2) is 10.8 Å². The van der Waals surface area contributed by atoms with Gasteiger partial charge in [-0.3, -0.25) is 15.0 Å². The van der Waals surface area contributed by atoms with Crippen molar-refractivity contribution in [3.8, 4) is 5.75 Å². The van der Waals surface area contributed by atoms with Crippen molar-refractivity contribution in [2.24, 2.45) is 11.8 Å². The first-order valence-corrected chi connectivity index (χ1v) is 11.6. The summed E-state index contributed by atoms with van der Waals surface area (Å²) in [5, 5.41) is 0.953. The number of carbonyl (C=O) groups is 3. The minimum Gasteiger partial charge on any atom is -0.484 e. The molecule has 3 N–H and O–H groups in total. The zero-order valence-corrected chi connectivity index (χ0v) is 20.6. The first kappa shape index (κ1) is 26.1. The highest BCUT2D eigenvalue weighted by Gasteiger charge is 2.28. The molecule has 1 aliphatic heterocycles. The number of hydrogen-bond acceptors (Lipinski definition) is 8. The Hall–Kier alpha value is -3.56. The largest absolute Gasteiger partial charge is 0.484 e. The molecule has 1 aromatic heterocycles. The Morgan fingerprint density at radius 1 is 1.29 bits per heavy atom. The van der Waals surface area contributed by atoms with Gasteiger partial charge in [-0.05, 0) is 48.3 Å². The SMILES string of the molecule is CCc1c2c(nc3ccc(OCC(=O)NN)cc13)/C(=C/C(=C(\C=O)COC)C(C=O)CC)N(C)C2. The van der Waals surface area contributed by atoms with Crippen LogP contribution in [0.5, 0.6) is 5.75 Å². The van der Waals surface area contributed by atoms with E-state index >= 15 is 0 Å². The summed E-state index contributed by atoms with van der Waals surface area (Å²) in [4.78, 5) is 42.1. The Morgan fingerprint density at radius 2 is 2.06 bits per heavy atom. The molecule has 0 saturated carbocycles. The average molecular weight is 481 g/mol. The van der Waals surface area contributed by atoms with Crippen molar-refractivity contribution < 1.29 is 23.9 Å². The van der Waals surface area contributed by atoms with E-state index in [4.69, 9.17) is 20.3 Å². The highest BCUT2D eigenvalue weighted by Crippen LogP contribution is 2.38. The second kappa shape index (κ2) is 11.7. The minimum absolute atomic E-state index is 0.125. The summed E-state index contributed by atoms with van der Waals surface area (Å²) in [6.45, 7) is 4.58. The molecular formula is C26H32N4O5. The minimum atomic E-state index is -0.424. The summed E-state index contributed by atoms with van der Waals surface area (Å²) in [7, 11) is 3.49. The molecule has 1 atom stereocenters. The van der Waals surface area contributed by atoms with Crippen molar-refractivity contribution in [2.45, 2.75) is 33.2 Å². The molecule has 9 heteroatoms. The third-order valence-corrected chi connectivity index (χ3v) is 6.22. The molecule has 35 heavy (non-hydrogen) atoms. The highest BCUT2D eigenvalue weighted by molar-refractivity contribution is 5.89. The van der Waals surface area contributed by atoms with Crippen LogP contribution in [0.25, 0.3) is 16.6 Å². The van der Waals surface area contributed by atoms with Crippen molar-refractivity contribution in [1.82, 2.24) is 15.3 Å². The number of fused-ring (bicyclic) bond motifs is 2. The number of aldehydes is 2. The summed E-state index contributed by atoms with van der Waals surface area (Å²) >= 11 is 0. The molecule has 0 aliphatic carbocycles. The number of nitrogens with one attached hydrogen (secondary N) is 1. The smallest absolute Gasteiger partial charge is 0.271 e. The third kappa shape index (κ3) is 5.41. The number of hydrazine groups is 1. The number of rotatable bonds is 11. The van der Waals surface area contributed by atoms with E-state index in [2.05, 4.69) is 11.8 Å². The molecule has 186 valence electrons. The van der Waals surface area contributed by atoms with Gasteiger partial charge in [-0.1, -0.05) is 13.8 Å². The number of benzene rings is 1. The van der Waals surface area contributed by atoms with Gasteiger partial charge in [0.2, 0.25) is 0 Å². The van der Waals surface area contributed by atoms with Crippen LogP contribution in [0.2, 0.25) is 0 Å². The Labute approximate surface area is 204 Å². The molecule has 1 unspecified atom stereocenters. The summed E-state index contributed by atoms with van der Waals surface area (Å²) < 4.78 is 10.8. The lowest BCUT2D eigenvalue weighted by molar-refractivity contribution is -0.123. The van der Waals surface area contributed by atoms with Crippen LogP contribution in [0.1, 0.15) is 37.1 Å². The van der Waals surface area contributed by atoms with Gasteiger partial charge < -0.3 is 19.2 Å². The van der Waals surface area contributed by atoms with E-state index < -0.39 is 11.8 Å². The van der Waals surface area contributed by atoms with Crippen molar-refractivity contribution in [1.29, 1.82) is 0 Å². The van der Waals surface area contributed by atoms with Crippen LogP contribution in [0.4, 0.5) is 0 Å². The third-order valence-electron chi connectivity index (χ3n) is 6.22. The number of nitrogens with two attached hydrogens (primary N) is 1. The molecule has 1 aromatic carbocycles. The molecule has 9 nitrogen and oxygen atoms in total. The molecule has 1 aliphatic rings. The van der Waals surface area contributed by atoms with Crippen LogP contribution < -0.4 is 16.0 Å². The van der Waals surface area contributed by atoms with E-state index in [1.807, 2.05) is 37.6 Å². The van der Waals surface area contributed by atoms with Gasteiger partial charge in [0.1, 0.15) is 18.3 Å². The average Bonchev–Trinajstić information content (AvgIpc) is 3.18. The molecule has 0 spiro atoms. The fourth-order valence-corrected chi connectivity index (χ4v) is 4.41. The van der Waals surface area contributed by atoms with Crippen LogP contribution in [0.15, 0.2) is 35.4 Å². The van der Waals surface area contributed by atoms with E-state index in [9.17, 15) is 14.4 Å². The topological polar surface area (TPSA) is 124 Å². The number of ether oxygens (including phenoxy) is 2. The maximum atomic E-state index is 11.8. The molecular weight excluding hydrogens is 448 g/mol. The molecule has 0 fully saturated rings. The normalized spacial score (nSPS) is 15.6. The van der Waals surface area contributed by atoms with E-state index in [-0.39, 0.29) is 13.2 Å². The number of carbonyl (C=O) groups excluding carboxylic acids is 3. The molecule has 0 radical (unpaired) electrons. The number of amides is 1. The summed E-state index contributed by atoms with van der Waals surface area (Å²) in [5.41, 5.74) is 7.83. The summed E-state index contributed by atoms with van der Waals surface area (Å²) in [6, 6.07) is 5.51. The van der Waals surface area contributed by atoms with E-state index in [0.717, 1.165) is 52.4 Å². The van der Waals surface area contributed by atoms with Gasteiger partial charge in [-0.2, -0.15) is 0 Å². The van der Waals surface area contributed by atoms with Crippen molar-refractivity contribution in [2.75, 3.05) is 27.4 Å². The van der Waals surface area contributed by atoms with Gasteiger partial charge >= 0.3 is 0 Å². The first-order chi connectivity index (χ1) is 16.9. The maximum Gasteiger partial charge on any atom is 0.271 e. The summed E-state index contributed by atoms with van der Waals surface area (Å²) in [6.07, 6.45) is 4.87. The van der Waals surface area contributed by atoms with Crippen LogP contribution >= 0.6 is 0 Å². The van der Waals surface area contributed by atoms with Crippen LogP contribution in [0.3, 0.4) is 0 Å². The lowest BCUT2D eigenvalue weighted by Gasteiger charge is -2.18. The standard InChI is InChI=1S/C26H32N4O5/c1-5-16(12-31)20(17(13-32)14-34-4)10-24-26-22(11-30(24)3)19(6-2)21-9-18(7-8-23(21)28-26)35-15-25(33)29-27/h7-10,12-13,16H,5-6,11,14-15,27H2,1-4H3,(H,29,33)/b20-17-,24-10-. The molecule has 2 aromatic rings. The van der Waals surface area contributed by atoms with Crippen molar-refractivity contribution in [3.63, 3.8) is 0 Å².